The minimum Gasteiger partial charge on any atom is -0.326 e. The number of pyridine rings is 1. The number of fused-ring (bicyclic) bond motifs is 2. The molecule has 0 saturated carbocycles. The number of aromatic nitrogens is 2. The molecule has 9 heteroatoms. The van der Waals surface area contributed by atoms with E-state index in [1.165, 1.54) is 14.8 Å². The molecular weight excluding hydrogens is 404 g/mol. The summed E-state index contributed by atoms with van der Waals surface area (Å²) in [6, 6.07) is 10.0. The van der Waals surface area contributed by atoms with Crippen LogP contribution in [0.15, 0.2) is 52.3 Å². The third-order valence-corrected chi connectivity index (χ3v) is 7.25. The van der Waals surface area contributed by atoms with Crippen LogP contribution in [-0.4, -0.2) is 34.6 Å². The van der Waals surface area contributed by atoms with Crippen LogP contribution in [0.5, 0.6) is 0 Å². The van der Waals surface area contributed by atoms with Crippen molar-refractivity contribution in [3.05, 3.63) is 69.8 Å². The fourth-order valence-electron chi connectivity index (χ4n) is 3.63. The van der Waals surface area contributed by atoms with Crippen molar-refractivity contribution in [2.24, 2.45) is 0 Å². The smallest absolute Gasteiger partial charge is 0.262 e. The maximum Gasteiger partial charge on any atom is 0.262 e. The highest BCUT2D eigenvalue weighted by atomic mass is 32.2. The number of nitrogens with zero attached hydrogens (tertiary/aromatic N) is 3. The molecule has 0 atom stereocenters. The highest BCUT2D eigenvalue weighted by Crippen LogP contribution is 2.27. The maximum absolute atomic E-state index is 13.3. The van der Waals surface area contributed by atoms with Crippen molar-refractivity contribution in [2.75, 3.05) is 11.9 Å². The molecule has 3 aromatic rings. The fourth-order valence-corrected chi connectivity index (χ4v) is 5.25. The average Bonchev–Trinajstić information content (AvgIpc) is 2.73. The van der Waals surface area contributed by atoms with Crippen LogP contribution in [0.25, 0.3) is 5.65 Å². The van der Waals surface area contributed by atoms with Crippen LogP contribution in [0, 0.1) is 6.92 Å². The summed E-state index contributed by atoms with van der Waals surface area (Å²) in [5.41, 5.74) is 2.44. The molecule has 0 fully saturated rings. The number of anilines is 1. The summed E-state index contributed by atoms with van der Waals surface area (Å²) in [7, 11) is -3.81. The van der Waals surface area contributed by atoms with Gasteiger partial charge in [-0.15, -0.1) is 0 Å². The number of sulfonamides is 1. The van der Waals surface area contributed by atoms with Crippen molar-refractivity contribution in [3.63, 3.8) is 0 Å². The Kier molecular flexibility index (Phi) is 5.17. The summed E-state index contributed by atoms with van der Waals surface area (Å²) in [5, 5.41) is 2.73. The Balaban J connectivity index is 1.68. The fraction of sp³-hybridized carbons (Fsp3) is 0.286. The molecule has 1 aliphatic rings. The molecule has 1 amide bonds. The lowest BCUT2D eigenvalue weighted by atomic mass is 10.1. The first kappa shape index (κ1) is 20.2. The van der Waals surface area contributed by atoms with E-state index in [1.54, 1.807) is 44.3 Å². The predicted octanol–water partition coefficient (Wildman–Crippen LogP) is 2.10. The quantitative estimate of drug-likeness (QED) is 0.689. The number of aryl methyl sites for hydroxylation is 1. The largest absolute Gasteiger partial charge is 0.326 e. The van der Waals surface area contributed by atoms with Crippen molar-refractivity contribution < 1.29 is 13.2 Å². The minimum absolute atomic E-state index is 0.0188. The van der Waals surface area contributed by atoms with E-state index in [0.717, 1.165) is 0 Å². The highest BCUT2D eigenvalue weighted by molar-refractivity contribution is 7.89. The standard InChI is InChI=1S/C21H22N4O4S/c1-3-20(26)22-15-7-8-18(14(2)12-15)30(28,29)24-11-9-17-16(13-24)21(27)25-10-5-4-6-19(25)23-17/h4-8,10,12H,3,9,11,13H2,1-2H3,(H,22,26). The highest BCUT2D eigenvalue weighted by Gasteiger charge is 2.31. The van der Waals surface area contributed by atoms with Gasteiger partial charge in [0.25, 0.3) is 5.56 Å². The van der Waals surface area contributed by atoms with Crippen molar-refractivity contribution in [1.29, 1.82) is 0 Å². The number of carbonyl (C=O) groups excluding carboxylic acids is 1. The van der Waals surface area contributed by atoms with E-state index < -0.39 is 10.0 Å². The van der Waals surface area contributed by atoms with Gasteiger partial charge < -0.3 is 5.32 Å². The van der Waals surface area contributed by atoms with E-state index in [0.29, 0.717) is 41.0 Å². The molecule has 0 bridgehead atoms. The van der Waals surface area contributed by atoms with Crippen LogP contribution in [0.3, 0.4) is 0 Å². The van der Waals surface area contributed by atoms with Gasteiger partial charge in [0.05, 0.1) is 16.2 Å². The molecule has 0 radical (unpaired) electrons. The molecule has 0 saturated heterocycles. The molecule has 156 valence electrons. The van der Waals surface area contributed by atoms with Gasteiger partial charge in [-0.05, 0) is 42.8 Å². The van der Waals surface area contributed by atoms with Crippen LogP contribution >= 0.6 is 0 Å². The van der Waals surface area contributed by atoms with Crippen molar-refractivity contribution in [3.8, 4) is 0 Å². The topological polar surface area (TPSA) is 101 Å². The van der Waals surface area contributed by atoms with E-state index in [-0.39, 0.29) is 29.5 Å². The van der Waals surface area contributed by atoms with Crippen LogP contribution in [0.2, 0.25) is 0 Å². The Morgan fingerprint density at radius 1 is 1.23 bits per heavy atom. The first-order chi connectivity index (χ1) is 14.3. The summed E-state index contributed by atoms with van der Waals surface area (Å²) >= 11 is 0. The molecule has 8 nitrogen and oxygen atoms in total. The van der Waals surface area contributed by atoms with Gasteiger partial charge in [-0.2, -0.15) is 4.31 Å². The number of rotatable bonds is 4. The lowest BCUT2D eigenvalue weighted by Crippen LogP contribution is -2.40. The summed E-state index contributed by atoms with van der Waals surface area (Å²) < 4.78 is 29.3. The SMILES string of the molecule is CCC(=O)Nc1ccc(S(=O)(=O)N2CCc3nc4ccccn4c(=O)c3C2)c(C)c1. The predicted molar refractivity (Wildman–Crippen MR) is 113 cm³/mol. The van der Waals surface area contributed by atoms with Crippen LogP contribution < -0.4 is 10.9 Å². The van der Waals surface area contributed by atoms with E-state index in [1.807, 2.05) is 6.07 Å². The molecule has 1 N–H and O–H groups in total. The van der Waals surface area contributed by atoms with E-state index in [2.05, 4.69) is 10.3 Å². The third kappa shape index (κ3) is 3.50. The summed E-state index contributed by atoms with van der Waals surface area (Å²) in [6.45, 7) is 3.67. The minimum atomic E-state index is -3.81. The normalized spacial score (nSPS) is 14.5. The molecule has 1 aromatic carbocycles. The Bertz CT molecular complexity index is 1310. The zero-order valence-corrected chi connectivity index (χ0v) is 17.6. The molecule has 4 rings (SSSR count). The summed E-state index contributed by atoms with van der Waals surface area (Å²) in [4.78, 5) is 29.2. The van der Waals surface area contributed by atoms with Gasteiger partial charge in [-0.1, -0.05) is 13.0 Å². The molecule has 2 aromatic heterocycles. The number of hydrogen-bond acceptors (Lipinski definition) is 5. The van der Waals surface area contributed by atoms with Gasteiger partial charge in [-0.3, -0.25) is 14.0 Å². The van der Waals surface area contributed by atoms with Crippen molar-refractivity contribution >= 4 is 27.3 Å². The van der Waals surface area contributed by atoms with Gasteiger partial charge in [-0.25, -0.2) is 13.4 Å². The molecular formula is C21H22N4O4S. The second-order valence-electron chi connectivity index (χ2n) is 7.24. The molecule has 30 heavy (non-hydrogen) atoms. The van der Waals surface area contributed by atoms with Gasteiger partial charge >= 0.3 is 0 Å². The second-order valence-corrected chi connectivity index (χ2v) is 9.15. The number of hydrogen-bond donors (Lipinski definition) is 1. The molecule has 3 heterocycles. The second kappa shape index (κ2) is 7.66. The first-order valence-electron chi connectivity index (χ1n) is 9.71. The molecule has 0 spiro atoms. The Morgan fingerprint density at radius 3 is 2.77 bits per heavy atom. The summed E-state index contributed by atoms with van der Waals surface area (Å²) in [5.74, 6) is -0.141. The number of amides is 1. The van der Waals surface area contributed by atoms with Gasteiger partial charge in [0, 0.05) is 37.8 Å². The lowest BCUT2D eigenvalue weighted by molar-refractivity contribution is -0.115. The van der Waals surface area contributed by atoms with Crippen LogP contribution in [0.4, 0.5) is 5.69 Å². The average molecular weight is 426 g/mol. The Labute approximate surface area is 174 Å². The molecule has 1 aliphatic heterocycles. The van der Waals surface area contributed by atoms with E-state index in [4.69, 9.17) is 0 Å². The van der Waals surface area contributed by atoms with E-state index >= 15 is 0 Å². The molecule has 0 aliphatic carbocycles. The van der Waals surface area contributed by atoms with Gasteiger partial charge in [0.15, 0.2) is 0 Å². The van der Waals surface area contributed by atoms with Gasteiger partial charge in [0.2, 0.25) is 15.9 Å². The first-order valence-corrected chi connectivity index (χ1v) is 11.1. The monoisotopic (exact) mass is 426 g/mol. The summed E-state index contributed by atoms with van der Waals surface area (Å²) in [6.07, 6.45) is 2.34. The van der Waals surface area contributed by atoms with Crippen LogP contribution in [-0.2, 0) is 27.8 Å². The van der Waals surface area contributed by atoms with Gasteiger partial charge in [0.1, 0.15) is 5.65 Å². The number of carbonyl (C=O) groups is 1. The van der Waals surface area contributed by atoms with Crippen LogP contribution in [0.1, 0.15) is 30.2 Å². The lowest BCUT2D eigenvalue weighted by Gasteiger charge is -2.28. The zero-order chi connectivity index (χ0) is 21.5. The van der Waals surface area contributed by atoms with Crippen molar-refractivity contribution in [2.45, 2.75) is 38.1 Å². The van der Waals surface area contributed by atoms with E-state index in [9.17, 15) is 18.0 Å². The molecule has 0 unspecified atom stereocenters. The Hall–Kier alpha value is -3.04. The maximum atomic E-state index is 13.3. The Morgan fingerprint density at radius 2 is 2.03 bits per heavy atom. The number of benzene rings is 1. The number of nitrogens with one attached hydrogen (secondary N) is 1. The zero-order valence-electron chi connectivity index (χ0n) is 16.8. The van der Waals surface area contributed by atoms with Crippen molar-refractivity contribution in [1.82, 2.24) is 13.7 Å². The third-order valence-electron chi connectivity index (χ3n) is 5.24.